The van der Waals surface area contributed by atoms with Crippen LogP contribution in [0.2, 0.25) is 5.02 Å². The lowest BCUT2D eigenvalue weighted by Gasteiger charge is -2.27. The van der Waals surface area contributed by atoms with E-state index >= 15 is 0 Å². The van der Waals surface area contributed by atoms with E-state index in [0.717, 1.165) is 69.7 Å². The maximum Gasteiger partial charge on any atom is 0.260 e. The second kappa shape index (κ2) is 13.7. The number of hydrogen-bond acceptors (Lipinski definition) is 7. The Bertz CT molecular complexity index is 1350. The summed E-state index contributed by atoms with van der Waals surface area (Å²) in [6.45, 7) is 5.65. The Morgan fingerprint density at radius 2 is 1.69 bits per heavy atom. The van der Waals surface area contributed by atoms with Crippen LogP contribution in [0.25, 0.3) is 10.2 Å². The molecule has 0 saturated carbocycles. The van der Waals surface area contributed by atoms with Crippen molar-refractivity contribution in [2.45, 2.75) is 37.0 Å². The number of ether oxygens (including phenoxy) is 1. The van der Waals surface area contributed by atoms with Crippen LogP contribution in [0.15, 0.2) is 47.4 Å². The highest BCUT2D eigenvalue weighted by atomic mass is 35.5. The number of fused-ring (bicyclic) bond motifs is 1. The molecule has 0 spiro atoms. The van der Waals surface area contributed by atoms with Crippen molar-refractivity contribution in [1.29, 1.82) is 0 Å². The average molecular weight is 614 g/mol. The highest BCUT2D eigenvalue weighted by Gasteiger charge is 2.27. The Balaban J connectivity index is 0.00000353. The van der Waals surface area contributed by atoms with Crippen molar-refractivity contribution >= 4 is 66.6 Å². The highest BCUT2D eigenvalue weighted by molar-refractivity contribution is 7.89. The third-order valence-corrected chi connectivity index (χ3v) is 10.4. The Kier molecular flexibility index (Phi) is 10.6. The predicted octanol–water partition coefficient (Wildman–Crippen LogP) is 5.31. The highest BCUT2D eigenvalue weighted by Crippen LogP contribution is 2.33. The van der Waals surface area contributed by atoms with Gasteiger partial charge in [0.2, 0.25) is 10.0 Å². The van der Waals surface area contributed by atoms with Gasteiger partial charge in [0, 0.05) is 44.8 Å². The lowest BCUT2D eigenvalue weighted by Crippen LogP contribution is -2.39. The van der Waals surface area contributed by atoms with Crippen molar-refractivity contribution in [2.75, 3.05) is 57.4 Å². The summed E-state index contributed by atoms with van der Waals surface area (Å²) < 4.78 is 34.3. The quantitative estimate of drug-likeness (QED) is 0.343. The Hall–Kier alpha value is -1.79. The van der Waals surface area contributed by atoms with Crippen LogP contribution < -0.4 is 4.90 Å². The summed E-state index contributed by atoms with van der Waals surface area (Å²) >= 11 is 7.80. The zero-order valence-electron chi connectivity index (χ0n) is 21.8. The minimum Gasteiger partial charge on any atom is -0.379 e. The fourth-order valence-electron chi connectivity index (χ4n) is 4.94. The van der Waals surface area contributed by atoms with E-state index in [1.807, 2.05) is 12.1 Å². The van der Waals surface area contributed by atoms with Crippen molar-refractivity contribution < 1.29 is 17.9 Å². The van der Waals surface area contributed by atoms with Crippen LogP contribution >= 0.6 is 35.3 Å². The van der Waals surface area contributed by atoms with E-state index in [1.54, 1.807) is 39.5 Å². The lowest BCUT2D eigenvalue weighted by atomic mass is 10.2. The molecule has 39 heavy (non-hydrogen) atoms. The number of anilines is 1. The van der Waals surface area contributed by atoms with Gasteiger partial charge in [-0.25, -0.2) is 13.4 Å². The molecule has 1 amide bonds. The second-order valence-electron chi connectivity index (χ2n) is 9.69. The molecule has 1 aromatic heterocycles. The monoisotopic (exact) mass is 612 g/mol. The van der Waals surface area contributed by atoms with E-state index in [2.05, 4.69) is 4.90 Å². The molecule has 2 aliphatic heterocycles. The van der Waals surface area contributed by atoms with Crippen LogP contribution in [0.4, 0.5) is 5.13 Å². The predicted molar refractivity (Wildman–Crippen MR) is 159 cm³/mol. The third kappa shape index (κ3) is 7.11. The van der Waals surface area contributed by atoms with Gasteiger partial charge in [0.1, 0.15) is 5.52 Å². The fourth-order valence-corrected chi connectivity index (χ4v) is 7.74. The number of benzene rings is 2. The molecule has 8 nitrogen and oxygen atoms in total. The van der Waals surface area contributed by atoms with Crippen LogP contribution in [0.5, 0.6) is 0 Å². The molecule has 2 aliphatic rings. The maximum absolute atomic E-state index is 13.8. The molecule has 212 valence electrons. The normalized spacial score (nSPS) is 17.5. The molecule has 5 rings (SSSR count). The number of carbonyl (C=O) groups is 1. The number of para-hydroxylation sites is 1. The summed E-state index contributed by atoms with van der Waals surface area (Å²) in [6, 6.07) is 11.9. The molecule has 0 unspecified atom stereocenters. The van der Waals surface area contributed by atoms with Gasteiger partial charge in [-0.05, 0) is 55.7 Å². The molecular weight excluding hydrogens is 579 g/mol. The summed E-state index contributed by atoms with van der Waals surface area (Å²) in [5.41, 5.74) is 1.11. The molecule has 2 saturated heterocycles. The molecular formula is C27H34Cl2N4O4S2. The van der Waals surface area contributed by atoms with Crippen LogP contribution in [-0.2, 0) is 14.8 Å². The first-order valence-electron chi connectivity index (χ1n) is 13.2. The zero-order valence-corrected chi connectivity index (χ0v) is 25.0. The Morgan fingerprint density at radius 1 is 1.00 bits per heavy atom. The van der Waals surface area contributed by atoms with Crippen molar-refractivity contribution in [3.05, 3.63) is 53.1 Å². The molecule has 3 aromatic rings. The second-order valence-corrected chi connectivity index (χ2v) is 13.0. The van der Waals surface area contributed by atoms with Gasteiger partial charge in [0.25, 0.3) is 5.91 Å². The number of halogens is 2. The molecule has 2 aromatic carbocycles. The number of carbonyl (C=O) groups excluding carboxylic acids is 1. The van der Waals surface area contributed by atoms with E-state index in [4.69, 9.17) is 21.3 Å². The number of nitrogens with zero attached hydrogens (tertiary/aromatic N) is 4. The van der Waals surface area contributed by atoms with Crippen molar-refractivity contribution in [3.63, 3.8) is 0 Å². The first-order chi connectivity index (χ1) is 18.4. The molecule has 2 fully saturated rings. The smallest absolute Gasteiger partial charge is 0.260 e. The molecule has 0 bridgehead atoms. The fraction of sp³-hybridized carbons (Fsp3) is 0.481. The molecule has 0 atom stereocenters. The van der Waals surface area contributed by atoms with Crippen LogP contribution in [0.3, 0.4) is 0 Å². The van der Waals surface area contributed by atoms with E-state index in [0.29, 0.717) is 40.9 Å². The van der Waals surface area contributed by atoms with Crippen LogP contribution in [-0.4, -0.2) is 81.0 Å². The average Bonchev–Trinajstić information content (AvgIpc) is 3.17. The number of rotatable bonds is 8. The summed E-state index contributed by atoms with van der Waals surface area (Å²) in [4.78, 5) is 22.7. The minimum absolute atomic E-state index is 0. The number of sulfonamides is 1. The number of aromatic nitrogens is 1. The number of hydrogen-bond donors (Lipinski definition) is 0. The van der Waals surface area contributed by atoms with Gasteiger partial charge in [0.05, 0.1) is 27.8 Å². The van der Waals surface area contributed by atoms with Gasteiger partial charge in [0.15, 0.2) is 5.13 Å². The molecule has 0 radical (unpaired) electrons. The van der Waals surface area contributed by atoms with Crippen LogP contribution in [0, 0.1) is 0 Å². The summed E-state index contributed by atoms with van der Waals surface area (Å²) in [5.74, 6) is -0.208. The Labute approximate surface area is 245 Å². The zero-order chi connectivity index (χ0) is 26.5. The van der Waals surface area contributed by atoms with E-state index in [-0.39, 0.29) is 23.2 Å². The topological polar surface area (TPSA) is 83.1 Å². The standard InChI is InChI=1S/C27H33ClN4O4S2.ClH/c28-23-7-5-8-24-25(23)29-27(37-24)32(16-6-13-30-17-19-36-20-18-30)26(33)21-9-11-22(12-10-21)38(34,35)31-14-3-1-2-4-15-31;/h5,7-12H,1-4,6,13-20H2;1H. The van der Waals surface area contributed by atoms with Gasteiger partial charge in [-0.1, -0.05) is 41.8 Å². The summed E-state index contributed by atoms with van der Waals surface area (Å²) in [6.07, 6.45) is 4.63. The van der Waals surface area contributed by atoms with Crippen molar-refractivity contribution in [1.82, 2.24) is 14.2 Å². The van der Waals surface area contributed by atoms with Crippen molar-refractivity contribution in [3.8, 4) is 0 Å². The summed E-state index contributed by atoms with van der Waals surface area (Å²) in [7, 11) is -3.58. The Morgan fingerprint density at radius 3 is 2.36 bits per heavy atom. The molecule has 3 heterocycles. The number of morpholine rings is 1. The largest absolute Gasteiger partial charge is 0.379 e. The van der Waals surface area contributed by atoms with E-state index in [9.17, 15) is 13.2 Å². The third-order valence-electron chi connectivity index (χ3n) is 7.10. The first-order valence-corrected chi connectivity index (χ1v) is 15.8. The molecule has 0 aliphatic carbocycles. The van der Waals surface area contributed by atoms with Gasteiger partial charge in [-0.15, -0.1) is 12.4 Å². The van der Waals surface area contributed by atoms with E-state index < -0.39 is 10.0 Å². The summed E-state index contributed by atoms with van der Waals surface area (Å²) in [5, 5.41) is 1.13. The van der Waals surface area contributed by atoms with Gasteiger partial charge in [-0.3, -0.25) is 14.6 Å². The van der Waals surface area contributed by atoms with E-state index in [1.165, 1.54) is 11.3 Å². The number of amides is 1. The lowest BCUT2D eigenvalue weighted by molar-refractivity contribution is 0.0376. The minimum atomic E-state index is -3.58. The SMILES string of the molecule is Cl.O=C(c1ccc(S(=O)(=O)N2CCCCCC2)cc1)N(CCCN1CCOCC1)c1nc2c(Cl)cccc2s1. The van der Waals surface area contributed by atoms with Gasteiger partial charge >= 0.3 is 0 Å². The number of thiazole rings is 1. The van der Waals surface area contributed by atoms with Gasteiger partial charge < -0.3 is 4.74 Å². The molecule has 0 N–H and O–H groups in total. The van der Waals surface area contributed by atoms with Gasteiger partial charge in [-0.2, -0.15) is 4.31 Å². The first kappa shape index (κ1) is 30.2. The van der Waals surface area contributed by atoms with Crippen molar-refractivity contribution in [2.24, 2.45) is 0 Å². The van der Waals surface area contributed by atoms with Crippen LogP contribution in [0.1, 0.15) is 42.5 Å². The molecule has 12 heteroatoms. The maximum atomic E-state index is 13.8.